The summed E-state index contributed by atoms with van der Waals surface area (Å²) in [6.07, 6.45) is 0. The topological polar surface area (TPSA) is 20.3 Å². The van der Waals surface area contributed by atoms with Gasteiger partial charge in [-0.05, 0) is 30.2 Å². The van der Waals surface area contributed by atoms with Crippen LogP contribution in [0.3, 0.4) is 0 Å². The highest BCUT2D eigenvalue weighted by Gasteiger charge is 2.09. The third-order valence-electron chi connectivity index (χ3n) is 2.27. The van der Waals surface area contributed by atoms with Crippen LogP contribution in [0.4, 0.5) is 4.39 Å². The van der Waals surface area contributed by atoms with Gasteiger partial charge in [0, 0.05) is 25.5 Å². The Morgan fingerprint density at radius 1 is 1.53 bits per heavy atom. The molecule has 4 heteroatoms. The number of amides is 1. The minimum Gasteiger partial charge on any atom is -0.342 e. The van der Waals surface area contributed by atoms with Crippen LogP contribution in [0.5, 0.6) is 0 Å². The highest BCUT2D eigenvalue weighted by atomic mass is 35.5. The Labute approximate surface area is 93.6 Å². The summed E-state index contributed by atoms with van der Waals surface area (Å²) in [5.41, 5.74) is 1.13. The van der Waals surface area contributed by atoms with Gasteiger partial charge >= 0.3 is 0 Å². The number of hydrogen-bond acceptors (Lipinski definition) is 1. The number of carbonyl (C=O) groups is 1. The molecule has 0 N–H and O–H groups in total. The molecule has 1 aromatic rings. The maximum atomic E-state index is 13.2. The van der Waals surface area contributed by atoms with E-state index in [1.807, 2.05) is 0 Å². The van der Waals surface area contributed by atoms with Crippen LogP contribution in [0.15, 0.2) is 12.1 Å². The molecule has 0 aliphatic carbocycles. The Morgan fingerprint density at radius 3 is 2.67 bits per heavy atom. The van der Waals surface area contributed by atoms with Crippen molar-refractivity contribution < 1.29 is 9.18 Å². The molecule has 0 aliphatic rings. The van der Waals surface area contributed by atoms with E-state index in [1.54, 1.807) is 20.0 Å². The van der Waals surface area contributed by atoms with Crippen molar-refractivity contribution in [3.05, 3.63) is 34.1 Å². The normalized spacial score (nSPS) is 10.2. The largest absolute Gasteiger partial charge is 0.342 e. The van der Waals surface area contributed by atoms with E-state index in [-0.39, 0.29) is 11.7 Å². The fraction of sp³-hybridized carbons (Fsp3) is 0.364. The lowest BCUT2D eigenvalue weighted by Crippen LogP contribution is -2.23. The van der Waals surface area contributed by atoms with Gasteiger partial charge in [-0.3, -0.25) is 4.79 Å². The first-order chi connectivity index (χ1) is 6.91. The fourth-order valence-electron chi connectivity index (χ4n) is 1.18. The standard InChI is InChI=1S/C11H13ClFNO/c1-7-4-10(12)9(5-11(7)13)6-14(3)8(2)15/h4-5H,6H2,1-3H3. The van der Waals surface area contributed by atoms with E-state index in [4.69, 9.17) is 11.6 Å². The van der Waals surface area contributed by atoms with Crippen LogP contribution in [-0.2, 0) is 11.3 Å². The quantitative estimate of drug-likeness (QED) is 0.764. The van der Waals surface area contributed by atoms with E-state index in [0.717, 1.165) is 0 Å². The van der Waals surface area contributed by atoms with Crippen molar-refractivity contribution in [3.8, 4) is 0 Å². The molecule has 0 radical (unpaired) electrons. The van der Waals surface area contributed by atoms with Crippen molar-refractivity contribution in [2.75, 3.05) is 7.05 Å². The summed E-state index contributed by atoms with van der Waals surface area (Å²) in [4.78, 5) is 12.5. The van der Waals surface area contributed by atoms with Crippen molar-refractivity contribution in [2.45, 2.75) is 20.4 Å². The van der Waals surface area contributed by atoms with E-state index < -0.39 is 0 Å². The van der Waals surface area contributed by atoms with Crippen LogP contribution in [0.25, 0.3) is 0 Å². The first-order valence-electron chi connectivity index (χ1n) is 4.58. The van der Waals surface area contributed by atoms with Crippen LogP contribution in [0, 0.1) is 12.7 Å². The minimum absolute atomic E-state index is 0.0768. The Kier molecular flexibility index (Phi) is 3.69. The zero-order chi connectivity index (χ0) is 11.6. The van der Waals surface area contributed by atoms with Gasteiger partial charge in [-0.15, -0.1) is 0 Å². The summed E-state index contributed by atoms with van der Waals surface area (Å²) in [7, 11) is 1.65. The maximum Gasteiger partial charge on any atom is 0.219 e. The van der Waals surface area contributed by atoms with Crippen LogP contribution in [0.1, 0.15) is 18.1 Å². The molecule has 1 rings (SSSR count). The molecule has 0 saturated heterocycles. The maximum absolute atomic E-state index is 13.2. The summed E-state index contributed by atoms with van der Waals surface area (Å²) in [5.74, 6) is -0.376. The van der Waals surface area contributed by atoms with E-state index in [0.29, 0.717) is 22.7 Å². The van der Waals surface area contributed by atoms with Crippen molar-refractivity contribution in [1.82, 2.24) is 4.90 Å². The van der Waals surface area contributed by atoms with Crippen molar-refractivity contribution in [3.63, 3.8) is 0 Å². The van der Waals surface area contributed by atoms with Crippen LogP contribution in [0.2, 0.25) is 5.02 Å². The van der Waals surface area contributed by atoms with Gasteiger partial charge in [0.1, 0.15) is 5.82 Å². The highest BCUT2D eigenvalue weighted by Crippen LogP contribution is 2.21. The molecule has 2 nitrogen and oxygen atoms in total. The molecule has 0 aromatic heterocycles. The third-order valence-corrected chi connectivity index (χ3v) is 2.62. The Morgan fingerprint density at radius 2 is 2.13 bits per heavy atom. The molecule has 0 unspecified atom stereocenters. The molecule has 0 fully saturated rings. The van der Waals surface area contributed by atoms with Gasteiger partial charge in [0.05, 0.1) is 0 Å². The van der Waals surface area contributed by atoms with Gasteiger partial charge in [0.2, 0.25) is 5.91 Å². The zero-order valence-electron chi connectivity index (χ0n) is 8.97. The summed E-state index contributed by atoms with van der Waals surface area (Å²) in [6, 6.07) is 2.94. The number of hydrogen-bond donors (Lipinski definition) is 0. The van der Waals surface area contributed by atoms with Crippen LogP contribution < -0.4 is 0 Å². The average Bonchev–Trinajstić information content (AvgIpc) is 2.13. The number of benzene rings is 1. The molecule has 1 amide bonds. The SMILES string of the molecule is CC(=O)N(C)Cc1cc(F)c(C)cc1Cl. The first-order valence-corrected chi connectivity index (χ1v) is 4.96. The van der Waals surface area contributed by atoms with Gasteiger partial charge in [-0.25, -0.2) is 4.39 Å². The first kappa shape index (κ1) is 12.0. The van der Waals surface area contributed by atoms with Gasteiger partial charge in [-0.1, -0.05) is 11.6 Å². The number of aryl methyl sites for hydroxylation is 1. The smallest absolute Gasteiger partial charge is 0.219 e. The van der Waals surface area contributed by atoms with Crippen LogP contribution in [-0.4, -0.2) is 17.9 Å². The lowest BCUT2D eigenvalue weighted by molar-refractivity contribution is -0.128. The van der Waals surface area contributed by atoms with Crippen LogP contribution >= 0.6 is 11.6 Å². The predicted molar refractivity (Wildman–Crippen MR) is 58.3 cm³/mol. The monoisotopic (exact) mass is 229 g/mol. The van der Waals surface area contributed by atoms with E-state index >= 15 is 0 Å². The van der Waals surface area contributed by atoms with Gasteiger partial charge in [0.25, 0.3) is 0 Å². The molecule has 82 valence electrons. The number of rotatable bonds is 2. The Balaban J connectivity index is 2.95. The fourth-order valence-corrected chi connectivity index (χ4v) is 1.45. The molecule has 0 heterocycles. The summed E-state index contributed by atoms with van der Waals surface area (Å²) in [5, 5.41) is 0.488. The Bertz CT molecular complexity index is 392. The lowest BCUT2D eigenvalue weighted by atomic mass is 10.1. The van der Waals surface area contributed by atoms with E-state index in [2.05, 4.69) is 0 Å². The second-order valence-electron chi connectivity index (χ2n) is 3.57. The van der Waals surface area contributed by atoms with Crippen molar-refractivity contribution in [1.29, 1.82) is 0 Å². The lowest BCUT2D eigenvalue weighted by Gasteiger charge is -2.16. The Hall–Kier alpha value is -1.09. The molecule has 0 aliphatic heterocycles. The molecular formula is C11H13ClFNO. The summed E-state index contributed by atoms with van der Waals surface area (Å²) >= 11 is 5.95. The average molecular weight is 230 g/mol. The summed E-state index contributed by atoms with van der Waals surface area (Å²) < 4.78 is 13.2. The molecule has 0 atom stereocenters. The van der Waals surface area contributed by atoms with Crippen molar-refractivity contribution in [2.24, 2.45) is 0 Å². The molecule has 0 bridgehead atoms. The molecule has 15 heavy (non-hydrogen) atoms. The third kappa shape index (κ3) is 2.93. The zero-order valence-corrected chi connectivity index (χ0v) is 9.73. The van der Waals surface area contributed by atoms with Gasteiger partial charge in [-0.2, -0.15) is 0 Å². The second kappa shape index (κ2) is 4.62. The molecular weight excluding hydrogens is 217 g/mol. The van der Waals surface area contributed by atoms with Gasteiger partial charge in [0.15, 0.2) is 0 Å². The summed E-state index contributed by atoms with van der Waals surface area (Å²) in [6.45, 7) is 3.43. The minimum atomic E-state index is -0.300. The second-order valence-corrected chi connectivity index (χ2v) is 3.98. The number of nitrogens with zero attached hydrogens (tertiary/aromatic N) is 1. The molecule has 0 saturated carbocycles. The number of carbonyl (C=O) groups excluding carboxylic acids is 1. The predicted octanol–water partition coefficient (Wildman–Crippen LogP) is 2.77. The number of halogens is 2. The van der Waals surface area contributed by atoms with E-state index in [1.165, 1.54) is 17.9 Å². The molecule has 0 spiro atoms. The van der Waals surface area contributed by atoms with Gasteiger partial charge < -0.3 is 4.90 Å². The van der Waals surface area contributed by atoms with E-state index in [9.17, 15) is 9.18 Å². The highest BCUT2D eigenvalue weighted by molar-refractivity contribution is 6.31. The van der Waals surface area contributed by atoms with Crippen molar-refractivity contribution >= 4 is 17.5 Å². The molecule has 1 aromatic carbocycles.